The number of aromatic nitrogens is 1. The van der Waals surface area contributed by atoms with Crippen molar-refractivity contribution in [3.63, 3.8) is 0 Å². The van der Waals surface area contributed by atoms with Gasteiger partial charge in [0.05, 0.1) is 5.71 Å². The van der Waals surface area contributed by atoms with Gasteiger partial charge in [-0.2, -0.15) is 17.6 Å². The van der Waals surface area contributed by atoms with Gasteiger partial charge in [0.15, 0.2) is 17.2 Å². The van der Waals surface area contributed by atoms with Gasteiger partial charge >= 0.3 is 6.18 Å². The smallest absolute Gasteiger partial charge is 0.417 e. The number of primary amides is 1. The Hall–Kier alpha value is -3.81. The number of benzene rings is 1. The number of hydrogen-bond donors (Lipinski definition) is 3. The summed E-state index contributed by atoms with van der Waals surface area (Å²) in [6.07, 6.45) is -5.67. The third-order valence-corrected chi connectivity index (χ3v) is 6.99. The van der Waals surface area contributed by atoms with Crippen molar-refractivity contribution in [1.82, 2.24) is 4.98 Å². The summed E-state index contributed by atoms with van der Waals surface area (Å²) < 4.78 is 83.0. The summed E-state index contributed by atoms with van der Waals surface area (Å²) in [5.41, 5.74) is 1.11. The van der Waals surface area contributed by atoms with E-state index in [4.69, 9.17) is 15.2 Å². The number of nitrogens with two attached hydrogens (primary N) is 1. The molecule has 2 aromatic rings. The van der Waals surface area contributed by atoms with Crippen molar-refractivity contribution in [2.75, 3.05) is 11.9 Å². The first-order valence-electron chi connectivity index (χ1n) is 12.1. The molecule has 1 aromatic heterocycles. The summed E-state index contributed by atoms with van der Waals surface area (Å²) >= 11 is 0. The predicted octanol–water partition coefficient (Wildman–Crippen LogP) is 4.79. The highest BCUT2D eigenvalue weighted by atomic mass is 19.4. The number of pyridine rings is 1. The fourth-order valence-electron chi connectivity index (χ4n) is 4.37. The lowest BCUT2D eigenvalue weighted by molar-refractivity contribution is -0.272. The Morgan fingerprint density at radius 1 is 1.23 bits per heavy atom. The first kappa shape index (κ1) is 30.7. The molecule has 0 saturated carbocycles. The first-order valence-corrected chi connectivity index (χ1v) is 12.1. The number of hydrogen-bond acceptors (Lipinski definition) is 7. The van der Waals surface area contributed by atoms with Gasteiger partial charge in [-0.25, -0.2) is 4.39 Å². The van der Waals surface area contributed by atoms with E-state index in [1.165, 1.54) is 13.0 Å². The number of carbonyl (C=O) groups excluding carboxylic acids is 2. The molecule has 2 heterocycles. The molecule has 9 nitrogen and oxygen atoms in total. The molecule has 1 fully saturated rings. The molecular formula is C26H29F5N4O5. The van der Waals surface area contributed by atoms with Gasteiger partial charge in [-0.1, -0.05) is 38.9 Å². The van der Waals surface area contributed by atoms with Crippen molar-refractivity contribution in [1.29, 1.82) is 0 Å². The standard InChI is InChI=1S/C26H29F5N4O5/c1-12-18(14-6-7-15(27)19(28)20(14)39-11-17(35-38)24(2,3)4)21(40-25(12,5)26(29,30)31)23(37)34-13-8-9-33-16(10-13)22(32)36/h6-10,12,18,21,38H,11H2,1-5H3,(H2,32,36)(H,33,34,37)/b35-17+/t12-,18-,21+,25+/m0/s1. The van der Waals surface area contributed by atoms with E-state index >= 15 is 4.39 Å². The third kappa shape index (κ3) is 5.86. The summed E-state index contributed by atoms with van der Waals surface area (Å²) in [6, 6.07) is 4.11. The van der Waals surface area contributed by atoms with Crippen LogP contribution < -0.4 is 15.8 Å². The Labute approximate surface area is 226 Å². The molecule has 14 heteroatoms. The Morgan fingerprint density at radius 3 is 2.42 bits per heavy atom. The highest BCUT2D eigenvalue weighted by Gasteiger charge is 2.66. The Bertz CT molecular complexity index is 1330. The monoisotopic (exact) mass is 572 g/mol. The fraction of sp³-hybridized carbons (Fsp3) is 0.462. The zero-order valence-corrected chi connectivity index (χ0v) is 22.3. The van der Waals surface area contributed by atoms with Gasteiger partial charge in [0.25, 0.3) is 11.8 Å². The quantitative estimate of drug-likeness (QED) is 0.189. The Morgan fingerprint density at radius 2 is 1.88 bits per heavy atom. The van der Waals surface area contributed by atoms with Crippen molar-refractivity contribution in [3.05, 3.63) is 53.4 Å². The van der Waals surface area contributed by atoms with Crippen LogP contribution in [0, 0.1) is 23.0 Å². The molecule has 1 saturated heterocycles. The van der Waals surface area contributed by atoms with E-state index in [1.54, 1.807) is 20.8 Å². The van der Waals surface area contributed by atoms with E-state index in [1.807, 2.05) is 0 Å². The number of carbonyl (C=O) groups is 2. The van der Waals surface area contributed by atoms with Crippen LogP contribution in [0.5, 0.6) is 5.75 Å². The summed E-state index contributed by atoms with van der Waals surface area (Å²) in [5.74, 6) is -8.56. The maximum absolute atomic E-state index is 15.1. The number of halogens is 5. The number of nitrogens with zero attached hydrogens (tertiary/aromatic N) is 2. The lowest BCUT2D eigenvalue weighted by atomic mass is 9.77. The van der Waals surface area contributed by atoms with Gasteiger partial charge < -0.3 is 25.7 Å². The van der Waals surface area contributed by atoms with Crippen LogP contribution in [0.2, 0.25) is 0 Å². The maximum Gasteiger partial charge on any atom is 0.417 e. The molecule has 1 aliphatic rings. The van der Waals surface area contributed by atoms with Gasteiger partial charge in [0.1, 0.15) is 18.4 Å². The van der Waals surface area contributed by atoms with Crippen LogP contribution in [-0.4, -0.2) is 52.2 Å². The average molecular weight is 573 g/mol. The molecule has 2 amide bonds. The van der Waals surface area contributed by atoms with Crippen molar-refractivity contribution in [3.8, 4) is 5.75 Å². The third-order valence-electron chi connectivity index (χ3n) is 6.99. The minimum Gasteiger partial charge on any atom is -0.484 e. The molecule has 218 valence electrons. The first-order chi connectivity index (χ1) is 18.4. The molecule has 0 radical (unpaired) electrons. The van der Waals surface area contributed by atoms with E-state index in [9.17, 15) is 32.4 Å². The molecule has 0 bridgehead atoms. The lowest BCUT2D eigenvalue weighted by Crippen LogP contribution is -2.47. The van der Waals surface area contributed by atoms with Gasteiger partial charge in [-0.15, -0.1) is 0 Å². The van der Waals surface area contributed by atoms with E-state index in [0.29, 0.717) is 6.07 Å². The SMILES string of the molecule is C[C@H]1[C@@H](c2ccc(F)c(F)c2OC/C(=N\O)C(C)(C)C)[C@H](C(=O)Nc2ccnc(C(N)=O)c2)O[C@@]1(C)C(F)(F)F. The Balaban J connectivity index is 2.10. The van der Waals surface area contributed by atoms with Crippen molar-refractivity contribution in [2.45, 2.75) is 58.4 Å². The van der Waals surface area contributed by atoms with Crippen LogP contribution in [-0.2, 0) is 9.53 Å². The van der Waals surface area contributed by atoms with Crippen molar-refractivity contribution in [2.24, 2.45) is 22.2 Å². The van der Waals surface area contributed by atoms with Crippen LogP contribution in [0.25, 0.3) is 0 Å². The van der Waals surface area contributed by atoms with Crippen molar-refractivity contribution < 1.29 is 46.2 Å². The van der Waals surface area contributed by atoms with E-state index in [2.05, 4.69) is 15.5 Å². The van der Waals surface area contributed by atoms with E-state index in [0.717, 1.165) is 25.3 Å². The van der Waals surface area contributed by atoms with Gasteiger partial charge in [-0.05, 0) is 25.1 Å². The minimum atomic E-state index is -4.96. The van der Waals surface area contributed by atoms with Crippen LogP contribution >= 0.6 is 0 Å². The number of alkyl halides is 3. The summed E-state index contributed by atoms with van der Waals surface area (Å²) in [4.78, 5) is 28.5. The van der Waals surface area contributed by atoms with Crippen LogP contribution in [0.3, 0.4) is 0 Å². The summed E-state index contributed by atoms with van der Waals surface area (Å²) in [6.45, 7) is 6.39. The second-order valence-corrected chi connectivity index (χ2v) is 10.6. The lowest BCUT2D eigenvalue weighted by Gasteiger charge is -2.32. The van der Waals surface area contributed by atoms with Gasteiger partial charge in [-0.3, -0.25) is 14.6 Å². The van der Waals surface area contributed by atoms with Gasteiger partial charge in [0.2, 0.25) is 5.82 Å². The molecule has 4 atom stereocenters. The summed E-state index contributed by atoms with van der Waals surface area (Å²) in [5, 5.41) is 14.9. The molecule has 1 aromatic carbocycles. The van der Waals surface area contributed by atoms with Crippen LogP contribution in [0.4, 0.5) is 27.6 Å². The largest absolute Gasteiger partial charge is 0.484 e. The number of oxime groups is 1. The maximum atomic E-state index is 15.1. The molecular weight excluding hydrogens is 543 g/mol. The van der Waals surface area contributed by atoms with E-state index in [-0.39, 0.29) is 22.7 Å². The average Bonchev–Trinajstić information content (AvgIpc) is 3.13. The molecule has 0 aliphatic carbocycles. The number of ether oxygens (including phenoxy) is 2. The number of amides is 2. The predicted molar refractivity (Wildman–Crippen MR) is 133 cm³/mol. The molecule has 0 spiro atoms. The zero-order valence-electron chi connectivity index (χ0n) is 22.3. The number of nitrogens with one attached hydrogen (secondary N) is 1. The molecule has 1 aliphatic heterocycles. The molecule has 4 N–H and O–H groups in total. The van der Waals surface area contributed by atoms with Crippen LogP contribution in [0.1, 0.15) is 56.6 Å². The Kier molecular flexibility index (Phi) is 8.44. The number of anilines is 1. The highest BCUT2D eigenvalue weighted by molar-refractivity contribution is 5.97. The highest BCUT2D eigenvalue weighted by Crippen LogP contribution is 2.55. The topological polar surface area (TPSA) is 136 Å². The fourth-order valence-corrected chi connectivity index (χ4v) is 4.37. The second-order valence-electron chi connectivity index (χ2n) is 10.6. The number of rotatable bonds is 7. The molecule has 0 unspecified atom stereocenters. The van der Waals surface area contributed by atoms with Gasteiger partial charge in [0, 0.05) is 34.7 Å². The van der Waals surface area contributed by atoms with E-state index < -0.39 is 70.9 Å². The van der Waals surface area contributed by atoms with Crippen LogP contribution in [0.15, 0.2) is 35.6 Å². The zero-order chi connectivity index (χ0) is 30.2. The minimum absolute atomic E-state index is 0.0137. The summed E-state index contributed by atoms with van der Waals surface area (Å²) in [7, 11) is 0. The molecule has 3 rings (SSSR count). The van der Waals surface area contributed by atoms with Crippen molar-refractivity contribution >= 4 is 23.2 Å². The molecule has 40 heavy (non-hydrogen) atoms. The second kappa shape index (κ2) is 11.0. The normalized spacial score (nSPS) is 23.6.